The van der Waals surface area contributed by atoms with Crippen LogP contribution in [-0.2, 0) is 20.7 Å². The van der Waals surface area contributed by atoms with Crippen LogP contribution in [0.5, 0.6) is 0 Å². The van der Waals surface area contributed by atoms with E-state index in [1.54, 1.807) is 47.5 Å². The summed E-state index contributed by atoms with van der Waals surface area (Å²) in [6.45, 7) is 1.13. The lowest BCUT2D eigenvalue weighted by Gasteiger charge is -2.32. The van der Waals surface area contributed by atoms with Crippen molar-refractivity contribution in [3.05, 3.63) is 138 Å². The van der Waals surface area contributed by atoms with Gasteiger partial charge in [0, 0.05) is 31.4 Å². The topological polar surface area (TPSA) is 177 Å². The second kappa shape index (κ2) is 17.3. The predicted octanol–water partition coefficient (Wildman–Crippen LogP) is 8.23. The van der Waals surface area contributed by atoms with Crippen LogP contribution >= 0.6 is 0 Å². The van der Waals surface area contributed by atoms with Gasteiger partial charge >= 0.3 is 12.2 Å². The molecule has 0 radical (unpaired) electrons. The lowest BCUT2D eigenvalue weighted by molar-refractivity contribution is -0.137. The van der Waals surface area contributed by atoms with Gasteiger partial charge < -0.3 is 29.6 Å². The zero-order valence-electron chi connectivity index (χ0n) is 33.4. The normalized spacial score (nSPS) is 16.7. The Bertz CT molecular complexity index is 2500. The third-order valence-corrected chi connectivity index (χ3v) is 11.5. The highest BCUT2D eigenvalue weighted by Gasteiger charge is 2.39. The van der Waals surface area contributed by atoms with Crippen molar-refractivity contribution in [3.8, 4) is 33.6 Å². The van der Waals surface area contributed by atoms with Gasteiger partial charge in [0.1, 0.15) is 17.7 Å². The molecule has 2 saturated heterocycles. The minimum absolute atomic E-state index is 0.0417. The number of likely N-dealkylation sites (tertiary alicyclic amines) is 2. The maximum absolute atomic E-state index is 14.0. The molecule has 14 heteroatoms. The largest absolute Gasteiger partial charge is 0.465 e. The minimum Gasteiger partial charge on any atom is -0.465 e. The molecule has 4 aromatic carbocycles. The predicted molar refractivity (Wildman–Crippen MR) is 226 cm³/mol. The molecule has 8 rings (SSSR count). The standard InChI is InChI=1S/C46H46N8O6/c1-52(46(58)59)41(31-11-4-3-5-12-31)44(56)54-24-10-18-39(54)43-47-27-36(49-43)30-21-19-29(20-22-30)32-14-8-15-33(25-32)37-28-48-42(50-37)38-17-9-23-53(38)40(55)26-34-13-6-7-16-35(34)51-45(57)60-2/h3-8,11-16,19-22,25,27-28,38-39,41H,9-10,17-18,23-24,26H2,1-2H3,(H,47,49)(H,48,50)(H,51,57)(H,58,59)/t38-,39+,41+/m0/s1. The monoisotopic (exact) mass is 806 g/mol. The maximum Gasteiger partial charge on any atom is 0.411 e. The van der Waals surface area contributed by atoms with E-state index in [1.165, 1.54) is 14.2 Å². The van der Waals surface area contributed by atoms with Gasteiger partial charge in [-0.25, -0.2) is 19.6 Å². The average molecular weight is 807 g/mol. The van der Waals surface area contributed by atoms with Crippen LogP contribution < -0.4 is 5.32 Å². The lowest BCUT2D eigenvalue weighted by Crippen LogP contribution is -2.43. The zero-order chi connectivity index (χ0) is 41.8. The Hall–Kier alpha value is -7.22. The minimum atomic E-state index is -1.17. The van der Waals surface area contributed by atoms with Gasteiger partial charge in [0.2, 0.25) is 5.91 Å². The molecule has 4 heterocycles. The fraction of sp³-hybridized carbons (Fsp3) is 0.261. The van der Waals surface area contributed by atoms with Crippen LogP contribution in [0.4, 0.5) is 15.3 Å². The van der Waals surface area contributed by atoms with Crippen molar-refractivity contribution in [2.45, 2.75) is 50.2 Å². The summed E-state index contributed by atoms with van der Waals surface area (Å²) in [7, 11) is 2.73. The van der Waals surface area contributed by atoms with E-state index in [-0.39, 0.29) is 30.3 Å². The number of anilines is 1. The van der Waals surface area contributed by atoms with Crippen molar-refractivity contribution in [1.29, 1.82) is 0 Å². The Morgan fingerprint density at radius 2 is 1.37 bits per heavy atom. The molecular weight excluding hydrogens is 761 g/mol. The highest BCUT2D eigenvalue weighted by molar-refractivity contribution is 5.89. The molecule has 2 aliphatic heterocycles. The average Bonchev–Trinajstić information content (AvgIpc) is 4.12. The lowest BCUT2D eigenvalue weighted by atomic mass is 10.0. The van der Waals surface area contributed by atoms with Crippen LogP contribution in [0.2, 0.25) is 0 Å². The number of nitrogens with zero attached hydrogens (tertiary/aromatic N) is 5. The molecule has 60 heavy (non-hydrogen) atoms. The van der Waals surface area contributed by atoms with E-state index in [0.717, 1.165) is 63.6 Å². The quantitative estimate of drug-likeness (QED) is 0.101. The Morgan fingerprint density at radius 1 is 0.767 bits per heavy atom. The molecule has 2 aliphatic rings. The van der Waals surface area contributed by atoms with Gasteiger partial charge in [-0.05, 0) is 65.6 Å². The van der Waals surface area contributed by atoms with E-state index in [4.69, 9.17) is 14.7 Å². The fourth-order valence-corrected chi connectivity index (χ4v) is 8.33. The van der Waals surface area contributed by atoms with E-state index in [0.29, 0.717) is 42.1 Å². The number of carbonyl (C=O) groups excluding carboxylic acids is 3. The van der Waals surface area contributed by atoms with Crippen LogP contribution in [0.3, 0.4) is 0 Å². The van der Waals surface area contributed by atoms with Gasteiger partial charge in [-0.2, -0.15) is 0 Å². The summed E-state index contributed by atoms with van der Waals surface area (Å²) in [6, 6.07) is 31.2. The van der Waals surface area contributed by atoms with Gasteiger partial charge in [0.25, 0.3) is 5.91 Å². The number of hydrogen-bond acceptors (Lipinski definition) is 7. The van der Waals surface area contributed by atoms with Gasteiger partial charge in [0.05, 0.1) is 49.4 Å². The summed E-state index contributed by atoms with van der Waals surface area (Å²) < 4.78 is 4.75. The summed E-state index contributed by atoms with van der Waals surface area (Å²) in [4.78, 5) is 72.5. The summed E-state index contributed by atoms with van der Waals surface area (Å²) in [5, 5.41) is 12.5. The first-order valence-electron chi connectivity index (χ1n) is 20.0. The molecule has 4 amide bonds. The second-order valence-electron chi connectivity index (χ2n) is 15.1. The molecule has 14 nitrogen and oxygen atoms in total. The third-order valence-electron chi connectivity index (χ3n) is 11.5. The number of benzene rings is 4. The Kier molecular flexibility index (Phi) is 11.4. The van der Waals surface area contributed by atoms with Gasteiger partial charge in [-0.1, -0.05) is 91.0 Å². The van der Waals surface area contributed by atoms with E-state index >= 15 is 0 Å². The molecule has 0 aliphatic carbocycles. The summed E-state index contributed by atoms with van der Waals surface area (Å²) >= 11 is 0. The van der Waals surface area contributed by atoms with E-state index in [9.17, 15) is 24.3 Å². The molecule has 306 valence electrons. The number of amides is 4. The number of likely N-dealkylation sites (N-methyl/N-ethyl adjacent to an activating group) is 1. The van der Waals surface area contributed by atoms with Crippen LogP contribution in [0, 0.1) is 0 Å². The number of nitrogens with one attached hydrogen (secondary N) is 3. The van der Waals surface area contributed by atoms with Gasteiger partial charge in [0.15, 0.2) is 0 Å². The first-order valence-corrected chi connectivity index (χ1v) is 20.0. The number of aromatic amines is 2. The van der Waals surface area contributed by atoms with E-state index in [1.807, 2.05) is 53.6 Å². The number of imidazole rings is 2. The molecular formula is C46H46N8O6. The molecule has 0 spiro atoms. The Labute approximate surface area is 347 Å². The van der Waals surface area contributed by atoms with Crippen LogP contribution in [-0.4, -0.2) is 91.0 Å². The maximum atomic E-state index is 14.0. The Balaban J connectivity index is 0.942. The van der Waals surface area contributed by atoms with Crippen LogP contribution in [0.15, 0.2) is 116 Å². The van der Waals surface area contributed by atoms with Crippen LogP contribution in [0.25, 0.3) is 33.6 Å². The van der Waals surface area contributed by atoms with Crippen molar-refractivity contribution in [3.63, 3.8) is 0 Å². The van der Waals surface area contributed by atoms with Crippen molar-refractivity contribution < 1.29 is 29.0 Å². The molecule has 2 aromatic heterocycles. The SMILES string of the molecule is COC(=O)Nc1ccccc1CC(=O)N1CCC[C@H]1c1ncc(-c2cccc(-c3ccc(-c4cnc([C@H]5CCCN5C(=O)[C@@H](c5ccccc5)N(C)C(=O)O)[nH]4)cc3)c2)[nH]1. The number of aromatic nitrogens is 4. The fourth-order valence-electron chi connectivity index (χ4n) is 8.33. The number of hydrogen-bond donors (Lipinski definition) is 4. The third kappa shape index (κ3) is 8.21. The van der Waals surface area contributed by atoms with Gasteiger partial charge in [-0.15, -0.1) is 0 Å². The van der Waals surface area contributed by atoms with Crippen molar-refractivity contribution in [1.82, 2.24) is 34.6 Å². The molecule has 0 unspecified atom stereocenters. The number of carboxylic acid groups (broad SMARTS) is 1. The van der Waals surface area contributed by atoms with E-state index < -0.39 is 18.2 Å². The number of methoxy groups -OCH3 is 1. The first-order chi connectivity index (χ1) is 29.2. The highest BCUT2D eigenvalue weighted by Crippen LogP contribution is 2.37. The summed E-state index contributed by atoms with van der Waals surface area (Å²) in [5.41, 5.74) is 7.50. The zero-order valence-corrected chi connectivity index (χ0v) is 33.4. The Morgan fingerprint density at radius 3 is 2.05 bits per heavy atom. The van der Waals surface area contributed by atoms with Gasteiger partial charge in [-0.3, -0.25) is 19.8 Å². The van der Waals surface area contributed by atoms with Crippen LogP contribution in [0.1, 0.15) is 66.6 Å². The first kappa shape index (κ1) is 39.6. The smallest absolute Gasteiger partial charge is 0.411 e. The molecule has 0 saturated carbocycles. The number of para-hydroxylation sites is 1. The van der Waals surface area contributed by atoms with Crippen molar-refractivity contribution >= 4 is 29.7 Å². The summed E-state index contributed by atoms with van der Waals surface area (Å²) in [6.07, 6.45) is 5.12. The molecule has 6 aromatic rings. The second-order valence-corrected chi connectivity index (χ2v) is 15.1. The van der Waals surface area contributed by atoms with Crippen molar-refractivity contribution in [2.24, 2.45) is 0 Å². The molecule has 4 N–H and O–H groups in total. The molecule has 3 atom stereocenters. The van der Waals surface area contributed by atoms with E-state index in [2.05, 4.69) is 39.6 Å². The number of rotatable bonds is 11. The molecule has 0 bridgehead atoms. The molecule has 2 fully saturated rings. The highest BCUT2D eigenvalue weighted by atomic mass is 16.5. The number of H-pyrrole nitrogens is 2. The number of ether oxygens (including phenoxy) is 1. The van der Waals surface area contributed by atoms with Crippen molar-refractivity contribution in [2.75, 3.05) is 32.6 Å². The number of carbonyl (C=O) groups is 4. The summed E-state index contributed by atoms with van der Waals surface area (Å²) in [5.74, 6) is 1.09.